The predicted molar refractivity (Wildman–Crippen MR) is 90.6 cm³/mol. The summed E-state index contributed by atoms with van der Waals surface area (Å²) in [4.78, 5) is 10.5. The summed E-state index contributed by atoms with van der Waals surface area (Å²) in [7, 11) is -3.94. The first kappa shape index (κ1) is 19.8. The molecule has 1 aliphatic heterocycles. The van der Waals surface area contributed by atoms with Crippen LogP contribution in [0.2, 0.25) is 0 Å². The highest BCUT2D eigenvalue weighted by molar-refractivity contribution is 7.89. The van der Waals surface area contributed by atoms with E-state index in [0.29, 0.717) is 17.5 Å². The highest BCUT2D eigenvalue weighted by atomic mass is 35.5. The van der Waals surface area contributed by atoms with Gasteiger partial charge < -0.3 is 5.32 Å². The van der Waals surface area contributed by atoms with Gasteiger partial charge in [0.15, 0.2) is 4.90 Å². The minimum Gasteiger partial charge on any atom is -0.316 e. The van der Waals surface area contributed by atoms with Crippen LogP contribution in [0.3, 0.4) is 0 Å². The zero-order valence-corrected chi connectivity index (χ0v) is 15.0. The summed E-state index contributed by atoms with van der Waals surface area (Å²) in [5.74, 6) is 0.132. The second-order valence-corrected chi connectivity index (χ2v) is 7.48. The number of sulfonamides is 1. The van der Waals surface area contributed by atoms with E-state index in [-0.39, 0.29) is 34.9 Å². The lowest BCUT2D eigenvalue weighted by molar-refractivity contribution is -0.388. The monoisotopic (exact) mass is 363 g/mol. The number of nitrogens with zero attached hydrogens (tertiary/aromatic N) is 1. The van der Waals surface area contributed by atoms with E-state index >= 15 is 0 Å². The third-order valence-electron chi connectivity index (χ3n) is 4.07. The highest BCUT2D eigenvalue weighted by Gasteiger charge is 2.33. The van der Waals surface area contributed by atoms with Gasteiger partial charge in [0, 0.05) is 11.6 Å². The summed E-state index contributed by atoms with van der Waals surface area (Å²) in [6, 6.07) is 2.95. The van der Waals surface area contributed by atoms with E-state index in [1.165, 1.54) is 0 Å². The van der Waals surface area contributed by atoms with Gasteiger partial charge in [0.05, 0.1) is 4.92 Å². The number of nitro groups is 1. The second-order valence-electron chi connectivity index (χ2n) is 5.83. The number of rotatable bonds is 4. The smallest absolute Gasteiger partial charge is 0.292 e. The van der Waals surface area contributed by atoms with E-state index in [4.69, 9.17) is 0 Å². The summed E-state index contributed by atoms with van der Waals surface area (Å²) in [5.41, 5.74) is 0.384. The van der Waals surface area contributed by atoms with Crippen LogP contribution in [0, 0.1) is 29.9 Å². The molecular formula is C14H22ClN3O4S. The van der Waals surface area contributed by atoms with Crippen molar-refractivity contribution in [3.63, 3.8) is 0 Å². The lowest BCUT2D eigenvalue weighted by Gasteiger charge is -2.30. The summed E-state index contributed by atoms with van der Waals surface area (Å²) in [5, 5.41) is 14.5. The Kier molecular flexibility index (Phi) is 6.52. The predicted octanol–water partition coefficient (Wildman–Crippen LogP) is 1.91. The Bertz CT molecular complexity index is 694. The van der Waals surface area contributed by atoms with Crippen molar-refractivity contribution in [2.75, 3.05) is 13.1 Å². The molecule has 0 amide bonds. The van der Waals surface area contributed by atoms with Crippen LogP contribution in [0.4, 0.5) is 5.69 Å². The van der Waals surface area contributed by atoms with Crippen molar-refractivity contribution in [3.8, 4) is 0 Å². The number of piperidine rings is 1. The van der Waals surface area contributed by atoms with Crippen LogP contribution in [-0.2, 0) is 10.0 Å². The maximum absolute atomic E-state index is 12.7. The zero-order valence-electron chi connectivity index (χ0n) is 13.3. The van der Waals surface area contributed by atoms with Gasteiger partial charge in [-0.15, -0.1) is 12.4 Å². The quantitative estimate of drug-likeness (QED) is 0.628. The van der Waals surface area contributed by atoms with Crippen molar-refractivity contribution in [3.05, 3.63) is 33.4 Å². The fourth-order valence-electron chi connectivity index (χ4n) is 2.78. The molecule has 23 heavy (non-hydrogen) atoms. The minimum absolute atomic E-state index is 0. The zero-order chi connectivity index (χ0) is 16.5. The van der Waals surface area contributed by atoms with E-state index in [9.17, 15) is 18.5 Å². The largest absolute Gasteiger partial charge is 0.316 e. The number of benzene rings is 1. The third kappa shape index (κ3) is 4.20. The van der Waals surface area contributed by atoms with Crippen LogP contribution in [-0.4, -0.2) is 32.5 Å². The Morgan fingerprint density at radius 3 is 2.48 bits per heavy atom. The molecule has 1 aliphatic rings. The fourth-order valence-corrected chi connectivity index (χ4v) is 4.63. The number of aryl methyl sites for hydroxylation is 2. The van der Waals surface area contributed by atoms with Crippen molar-refractivity contribution >= 4 is 28.1 Å². The van der Waals surface area contributed by atoms with E-state index < -0.39 is 14.9 Å². The molecule has 2 atom stereocenters. The molecule has 0 radical (unpaired) electrons. The Hall–Kier alpha value is -1.22. The van der Waals surface area contributed by atoms with Gasteiger partial charge in [0.1, 0.15) is 0 Å². The van der Waals surface area contributed by atoms with E-state index in [1.807, 2.05) is 6.92 Å². The first-order valence-corrected chi connectivity index (χ1v) is 8.70. The Labute approximate surface area is 142 Å². The van der Waals surface area contributed by atoms with Gasteiger partial charge in [-0.05, 0) is 44.8 Å². The molecule has 1 fully saturated rings. The van der Waals surface area contributed by atoms with Crippen molar-refractivity contribution in [2.24, 2.45) is 5.92 Å². The SMILES string of the molecule is Cc1ccc(C)c(S(=O)(=O)NC2CCNCC2C)c1[N+](=O)[O-].Cl. The highest BCUT2D eigenvalue weighted by Crippen LogP contribution is 2.31. The molecular weight excluding hydrogens is 342 g/mol. The molecule has 2 unspecified atom stereocenters. The topological polar surface area (TPSA) is 101 Å². The second kappa shape index (κ2) is 7.57. The summed E-state index contributed by atoms with van der Waals surface area (Å²) >= 11 is 0. The molecule has 9 heteroatoms. The van der Waals surface area contributed by atoms with Gasteiger partial charge in [-0.1, -0.05) is 19.1 Å². The average Bonchev–Trinajstić information content (AvgIpc) is 2.43. The standard InChI is InChI=1S/C14H21N3O4S.ClH/c1-9-4-5-10(2)14(13(9)17(18)19)22(20,21)16-12-6-7-15-8-11(12)3;/h4-5,11-12,15-16H,6-8H2,1-3H3;1H. The molecule has 0 saturated carbocycles. The first-order chi connectivity index (χ1) is 10.2. The van der Waals surface area contributed by atoms with Crippen LogP contribution >= 0.6 is 12.4 Å². The maximum Gasteiger partial charge on any atom is 0.292 e. The maximum atomic E-state index is 12.7. The Morgan fingerprint density at radius 1 is 1.30 bits per heavy atom. The lowest BCUT2D eigenvalue weighted by Crippen LogP contribution is -2.48. The van der Waals surface area contributed by atoms with Crippen LogP contribution in [0.5, 0.6) is 0 Å². The van der Waals surface area contributed by atoms with Gasteiger partial charge >= 0.3 is 0 Å². The lowest BCUT2D eigenvalue weighted by atomic mass is 9.97. The van der Waals surface area contributed by atoms with E-state index in [0.717, 1.165) is 13.1 Å². The van der Waals surface area contributed by atoms with Gasteiger partial charge in [0.25, 0.3) is 5.69 Å². The summed E-state index contributed by atoms with van der Waals surface area (Å²) < 4.78 is 28.1. The molecule has 1 aromatic carbocycles. The molecule has 0 bridgehead atoms. The molecule has 130 valence electrons. The molecule has 1 aromatic rings. The molecule has 0 aromatic heterocycles. The Balaban J connectivity index is 0.00000264. The summed E-state index contributed by atoms with van der Waals surface area (Å²) in [6.45, 7) is 6.53. The van der Waals surface area contributed by atoms with Crippen molar-refractivity contribution in [2.45, 2.75) is 38.1 Å². The van der Waals surface area contributed by atoms with Crippen LogP contribution in [0.15, 0.2) is 17.0 Å². The van der Waals surface area contributed by atoms with Gasteiger partial charge in [-0.2, -0.15) is 0 Å². The van der Waals surface area contributed by atoms with Crippen LogP contribution in [0.1, 0.15) is 24.5 Å². The van der Waals surface area contributed by atoms with Gasteiger partial charge in [-0.25, -0.2) is 13.1 Å². The normalized spacial score (nSPS) is 21.5. The molecule has 1 heterocycles. The fraction of sp³-hybridized carbons (Fsp3) is 0.571. The molecule has 2 N–H and O–H groups in total. The van der Waals surface area contributed by atoms with E-state index in [2.05, 4.69) is 10.0 Å². The van der Waals surface area contributed by atoms with Gasteiger partial charge in [0.2, 0.25) is 10.0 Å². The molecule has 7 nitrogen and oxygen atoms in total. The first-order valence-electron chi connectivity index (χ1n) is 7.21. The number of nitro benzene ring substituents is 1. The Morgan fingerprint density at radius 2 is 1.91 bits per heavy atom. The molecule has 0 spiro atoms. The van der Waals surface area contributed by atoms with E-state index in [1.54, 1.807) is 26.0 Å². The minimum atomic E-state index is -3.94. The average molecular weight is 364 g/mol. The van der Waals surface area contributed by atoms with Crippen molar-refractivity contribution in [1.29, 1.82) is 0 Å². The molecule has 0 aliphatic carbocycles. The molecule has 1 saturated heterocycles. The van der Waals surface area contributed by atoms with Crippen molar-refractivity contribution < 1.29 is 13.3 Å². The number of halogens is 1. The van der Waals surface area contributed by atoms with Gasteiger partial charge in [-0.3, -0.25) is 10.1 Å². The van der Waals surface area contributed by atoms with Crippen LogP contribution < -0.4 is 10.0 Å². The number of hydrogen-bond donors (Lipinski definition) is 2. The number of hydrogen-bond acceptors (Lipinski definition) is 5. The number of nitrogens with one attached hydrogen (secondary N) is 2. The summed E-state index contributed by atoms with van der Waals surface area (Å²) in [6.07, 6.45) is 0.666. The van der Waals surface area contributed by atoms with Crippen LogP contribution in [0.25, 0.3) is 0 Å². The molecule has 2 rings (SSSR count). The van der Waals surface area contributed by atoms with Crippen molar-refractivity contribution in [1.82, 2.24) is 10.0 Å². The third-order valence-corrected chi connectivity index (χ3v) is 5.74.